The van der Waals surface area contributed by atoms with E-state index in [9.17, 15) is 9.59 Å². The van der Waals surface area contributed by atoms with Crippen LogP contribution in [0.15, 0.2) is 18.2 Å². The van der Waals surface area contributed by atoms with E-state index in [0.717, 1.165) is 0 Å². The highest BCUT2D eigenvalue weighted by molar-refractivity contribution is 6.36. The zero-order valence-electron chi connectivity index (χ0n) is 10.2. The van der Waals surface area contributed by atoms with Gasteiger partial charge in [0.05, 0.1) is 23.7 Å². The summed E-state index contributed by atoms with van der Waals surface area (Å²) in [5, 5.41) is 14.3. The molecule has 2 amide bonds. The van der Waals surface area contributed by atoms with E-state index in [4.69, 9.17) is 28.3 Å². The van der Waals surface area contributed by atoms with E-state index in [1.807, 2.05) is 0 Å². The monoisotopic (exact) mass is 304 g/mol. The third-order valence-electron chi connectivity index (χ3n) is 2.27. The van der Waals surface area contributed by atoms with Gasteiger partial charge < -0.3 is 15.7 Å². The van der Waals surface area contributed by atoms with Gasteiger partial charge in [-0.1, -0.05) is 23.2 Å². The molecule has 104 valence electrons. The van der Waals surface area contributed by atoms with Crippen molar-refractivity contribution in [1.82, 2.24) is 10.6 Å². The molecule has 0 heterocycles. The Bertz CT molecular complexity index is 480. The lowest BCUT2D eigenvalue weighted by Gasteiger charge is -2.11. The molecule has 1 rings (SSSR count). The Morgan fingerprint density at radius 1 is 1.37 bits per heavy atom. The van der Waals surface area contributed by atoms with Gasteiger partial charge in [-0.2, -0.15) is 0 Å². The molecular formula is C12H14Cl2N2O3. The highest BCUT2D eigenvalue weighted by Gasteiger charge is 2.12. The van der Waals surface area contributed by atoms with Gasteiger partial charge in [-0.3, -0.25) is 9.59 Å². The third-order valence-corrected chi connectivity index (χ3v) is 2.81. The van der Waals surface area contributed by atoms with E-state index >= 15 is 0 Å². The van der Waals surface area contributed by atoms with Crippen molar-refractivity contribution >= 4 is 35.0 Å². The van der Waals surface area contributed by atoms with Crippen molar-refractivity contribution in [3.8, 4) is 0 Å². The van der Waals surface area contributed by atoms with Crippen molar-refractivity contribution in [1.29, 1.82) is 0 Å². The summed E-state index contributed by atoms with van der Waals surface area (Å²) >= 11 is 11.6. The molecule has 0 saturated carbocycles. The molecule has 0 aliphatic carbocycles. The first kappa shape index (κ1) is 15.8. The summed E-state index contributed by atoms with van der Waals surface area (Å²) in [7, 11) is 0. The largest absolute Gasteiger partial charge is 0.394 e. The number of amides is 2. The van der Waals surface area contributed by atoms with Crippen molar-refractivity contribution in [2.24, 2.45) is 0 Å². The molecule has 1 atom stereocenters. The minimum atomic E-state index is -0.464. The summed E-state index contributed by atoms with van der Waals surface area (Å²) in [6.45, 7) is 1.29. The molecule has 1 aromatic carbocycles. The smallest absolute Gasteiger partial charge is 0.253 e. The Morgan fingerprint density at radius 3 is 2.63 bits per heavy atom. The first-order chi connectivity index (χ1) is 8.93. The molecule has 0 saturated heterocycles. The van der Waals surface area contributed by atoms with Gasteiger partial charge in [-0.05, 0) is 25.1 Å². The van der Waals surface area contributed by atoms with E-state index in [1.54, 1.807) is 6.92 Å². The summed E-state index contributed by atoms with van der Waals surface area (Å²) in [6.07, 6.45) is 0. The number of benzene rings is 1. The van der Waals surface area contributed by atoms with Gasteiger partial charge >= 0.3 is 0 Å². The molecule has 0 spiro atoms. The Labute approximate surface area is 120 Å². The third kappa shape index (κ3) is 5.06. The van der Waals surface area contributed by atoms with Gasteiger partial charge in [-0.25, -0.2) is 0 Å². The minimum Gasteiger partial charge on any atom is -0.394 e. The molecule has 0 aromatic heterocycles. The van der Waals surface area contributed by atoms with Crippen molar-refractivity contribution in [2.75, 3.05) is 13.2 Å². The van der Waals surface area contributed by atoms with E-state index in [1.165, 1.54) is 18.2 Å². The number of aliphatic hydroxyl groups is 1. The maximum atomic E-state index is 11.8. The second-order valence-electron chi connectivity index (χ2n) is 3.96. The van der Waals surface area contributed by atoms with Gasteiger partial charge in [0.1, 0.15) is 0 Å². The van der Waals surface area contributed by atoms with Crippen LogP contribution in [0.5, 0.6) is 0 Å². The number of carbonyl (C=O) groups excluding carboxylic acids is 2. The molecule has 0 aliphatic heterocycles. The van der Waals surface area contributed by atoms with E-state index in [2.05, 4.69) is 10.6 Å². The summed E-state index contributed by atoms with van der Waals surface area (Å²) < 4.78 is 0. The summed E-state index contributed by atoms with van der Waals surface area (Å²) in [6, 6.07) is 4.11. The molecule has 3 N–H and O–H groups in total. The van der Waals surface area contributed by atoms with Gasteiger partial charge in [0.25, 0.3) is 5.91 Å². The van der Waals surface area contributed by atoms with Crippen LogP contribution in [-0.2, 0) is 4.79 Å². The maximum Gasteiger partial charge on any atom is 0.253 e. The molecule has 0 aliphatic rings. The predicted molar refractivity (Wildman–Crippen MR) is 73.5 cm³/mol. The van der Waals surface area contributed by atoms with Crippen LogP contribution < -0.4 is 10.6 Å². The van der Waals surface area contributed by atoms with Crippen LogP contribution in [0.4, 0.5) is 0 Å². The Balaban J connectivity index is 2.54. The predicted octanol–water partition coefficient (Wildman–Crippen LogP) is 1.22. The molecule has 0 fully saturated rings. The van der Waals surface area contributed by atoms with Crippen molar-refractivity contribution < 1.29 is 14.7 Å². The highest BCUT2D eigenvalue weighted by atomic mass is 35.5. The first-order valence-electron chi connectivity index (χ1n) is 5.57. The molecule has 5 nitrogen and oxygen atoms in total. The van der Waals surface area contributed by atoms with Crippen LogP contribution in [0.3, 0.4) is 0 Å². The lowest BCUT2D eigenvalue weighted by molar-refractivity contribution is -0.121. The average molecular weight is 305 g/mol. The second kappa shape index (κ2) is 7.33. The number of rotatable bonds is 5. The van der Waals surface area contributed by atoms with Gasteiger partial charge in [-0.15, -0.1) is 0 Å². The van der Waals surface area contributed by atoms with Crippen LogP contribution in [0, 0.1) is 0 Å². The Morgan fingerprint density at radius 2 is 2.05 bits per heavy atom. The lowest BCUT2D eigenvalue weighted by Crippen LogP contribution is -2.42. The standard InChI is InChI=1S/C12H14Cl2N2O3/c1-7(6-17)16-11(18)5-15-12(19)9-3-2-8(13)4-10(9)14/h2-4,7,17H,5-6H2,1H3,(H,15,19)(H,16,18). The van der Waals surface area contributed by atoms with Crippen LogP contribution in [0.25, 0.3) is 0 Å². The number of halogens is 2. The topological polar surface area (TPSA) is 78.4 Å². The molecule has 19 heavy (non-hydrogen) atoms. The number of hydrogen-bond acceptors (Lipinski definition) is 3. The second-order valence-corrected chi connectivity index (χ2v) is 4.80. The maximum absolute atomic E-state index is 11.8. The average Bonchev–Trinajstić information content (AvgIpc) is 2.35. The molecule has 0 bridgehead atoms. The minimum absolute atomic E-state index is 0.164. The fraction of sp³-hybridized carbons (Fsp3) is 0.333. The first-order valence-corrected chi connectivity index (χ1v) is 6.33. The molecule has 7 heteroatoms. The van der Waals surface area contributed by atoms with Gasteiger partial charge in [0, 0.05) is 11.1 Å². The summed E-state index contributed by atoms with van der Waals surface area (Å²) in [4.78, 5) is 23.2. The van der Waals surface area contributed by atoms with Crippen molar-refractivity contribution in [3.05, 3.63) is 33.8 Å². The van der Waals surface area contributed by atoms with Crippen molar-refractivity contribution in [2.45, 2.75) is 13.0 Å². The fourth-order valence-corrected chi connectivity index (χ4v) is 1.80. The molecule has 1 aromatic rings. The SMILES string of the molecule is CC(CO)NC(=O)CNC(=O)c1ccc(Cl)cc1Cl. The fourth-order valence-electron chi connectivity index (χ4n) is 1.30. The van der Waals surface area contributed by atoms with E-state index < -0.39 is 5.91 Å². The van der Waals surface area contributed by atoms with Crippen LogP contribution in [0.2, 0.25) is 10.0 Å². The zero-order valence-corrected chi connectivity index (χ0v) is 11.8. The number of hydrogen-bond donors (Lipinski definition) is 3. The van der Waals surface area contributed by atoms with Crippen molar-refractivity contribution in [3.63, 3.8) is 0 Å². The quantitative estimate of drug-likeness (QED) is 0.765. The number of carbonyl (C=O) groups is 2. The van der Waals surface area contributed by atoms with E-state index in [-0.39, 0.29) is 35.7 Å². The highest BCUT2D eigenvalue weighted by Crippen LogP contribution is 2.20. The Kier molecular flexibility index (Phi) is 6.08. The van der Waals surface area contributed by atoms with Crippen LogP contribution >= 0.6 is 23.2 Å². The van der Waals surface area contributed by atoms with E-state index in [0.29, 0.717) is 5.02 Å². The van der Waals surface area contributed by atoms with Gasteiger partial charge in [0.15, 0.2) is 0 Å². The molecule has 0 radical (unpaired) electrons. The molecular weight excluding hydrogens is 291 g/mol. The summed E-state index contributed by atoms with van der Waals surface area (Å²) in [5.41, 5.74) is 0.245. The Hall–Kier alpha value is -1.30. The van der Waals surface area contributed by atoms with Crippen LogP contribution in [-0.4, -0.2) is 36.1 Å². The lowest BCUT2D eigenvalue weighted by atomic mass is 10.2. The number of nitrogens with one attached hydrogen (secondary N) is 2. The molecule has 1 unspecified atom stereocenters. The zero-order chi connectivity index (χ0) is 14.4. The number of aliphatic hydroxyl groups excluding tert-OH is 1. The van der Waals surface area contributed by atoms with Gasteiger partial charge in [0.2, 0.25) is 5.91 Å². The van der Waals surface area contributed by atoms with Crippen LogP contribution in [0.1, 0.15) is 17.3 Å². The summed E-state index contributed by atoms with van der Waals surface area (Å²) in [5.74, 6) is -0.853. The normalized spacial score (nSPS) is 11.8.